The van der Waals surface area contributed by atoms with Gasteiger partial charge in [-0.3, -0.25) is 9.59 Å². The quantitative estimate of drug-likeness (QED) is 0.872. The van der Waals surface area contributed by atoms with Gasteiger partial charge in [-0.15, -0.1) is 0 Å². The molecule has 0 saturated heterocycles. The highest BCUT2D eigenvalue weighted by molar-refractivity contribution is 6.35. The molecule has 0 atom stereocenters. The SMILES string of the molecule is CC(=O)Nc1ccc(F)c(C(=O)Nc2cc(Cl)ccc2Cl)c1. The zero-order valence-electron chi connectivity index (χ0n) is 11.4. The molecule has 0 spiro atoms. The van der Waals surface area contributed by atoms with Crippen LogP contribution in [0.2, 0.25) is 10.0 Å². The largest absolute Gasteiger partial charge is 0.326 e. The lowest BCUT2D eigenvalue weighted by molar-refractivity contribution is -0.114. The van der Waals surface area contributed by atoms with Crippen molar-refractivity contribution in [2.24, 2.45) is 0 Å². The standard InChI is InChI=1S/C15H11Cl2FN2O2/c1-8(21)19-10-3-5-13(18)11(7-10)15(22)20-14-6-9(16)2-4-12(14)17/h2-7H,1H3,(H,19,21)(H,20,22). The highest BCUT2D eigenvalue weighted by Crippen LogP contribution is 2.26. The lowest BCUT2D eigenvalue weighted by atomic mass is 10.1. The topological polar surface area (TPSA) is 58.2 Å². The van der Waals surface area contributed by atoms with Crippen molar-refractivity contribution in [3.8, 4) is 0 Å². The van der Waals surface area contributed by atoms with E-state index in [4.69, 9.17) is 23.2 Å². The van der Waals surface area contributed by atoms with E-state index in [0.717, 1.165) is 6.07 Å². The number of anilines is 2. The number of amides is 2. The van der Waals surface area contributed by atoms with Gasteiger partial charge in [-0.2, -0.15) is 0 Å². The van der Waals surface area contributed by atoms with Crippen LogP contribution in [0.3, 0.4) is 0 Å². The Morgan fingerprint density at radius 1 is 1.05 bits per heavy atom. The molecule has 0 fully saturated rings. The highest BCUT2D eigenvalue weighted by atomic mass is 35.5. The third-order valence-electron chi connectivity index (χ3n) is 2.71. The Hall–Kier alpha value is -2.11. The van der Waals surface area contributed by atoms with Gasteiger partial charge in [0.25, 0.3) is 5.91 Å². The molecule has 2 aromatic carbocycles. The van der Waals surface area contributed by atoms with Gasteiger partial charge >= 0.3 is 0 Å². The fourth-order valence-electron chi connectivity index (χ4n) is 1.76. The van der Waals surface area contributed by atoms with Gasteiger partial charge < -0.3 is 10.6 Å². The molecule has 0 aliphatic heterocycles. The number of carbonyl (C=O) groups is 2. The zero-order valence-corrected chi connectivity index (χ0v) is 12.9. The minimum absolute atomic E-state index is 0.220. The molecule has 0 saturated carbocycles. The number of hydrogen-bond acceptors (Lipinski definition) is 2. The van der Waals surface area contributed by atoms with Crippen LogP contribution >= 0.6 is 23.2 Å². The minimum Gasteiger partial charge on any atom is -0.326 e. The van der Waals surface area contributed by atoms with Crippen molar-refractivity contribution in [3.05, 3.63) is 57.8 Å². The maximum absolute atomic E-state index is 13.8. The zero-order chi connectivity index (χ0) is 16.3. The number of rotatable bonds is 3. The maximum Gasteiger partial charge on any atom is 0.258 e. The summed E-state index contributed by atoms with van der Waals surface area (Å²) in [6.45, 7) is 1.31. The summed E-state index contributed by atoms with van der Waals surface area (Å²) in [5.41, 5.74) is 0.363. The van der Waals surface area contributed by atoms with E-state index in [0.29, 0.717) is 10.7 Å². The van der Waals surface area contributed by atoms with Gasteiger partial charge in [-0.25, -0.2) is 4.39 Å². The van der Waals surface area contributed by atoms with Crippen LogP contribution in [0.25, 0.3) is 0 Å². The third-order valence-corrected chi connectivity index (χ3v) is 3.27. The fourth-order valence-corrected chi connectivity index (χ4v) is 2.10. The second-order valence-electron chi connectivity index (χ2n) is 4.45. The Labute approximate surface area is 136 Å². The number of carbonyl (C=O) groups excluding carboxylic acids is 2. The molecule has 4 nitrogen and oxygen atoms in total. The van der Waals surface area contributed by atoms with Crippen molar-refractivity contribution in [3.63, 3.8) is 0 Å². The smallest absolute Gasteiger partial charge is 0.258 e. The lowest BCUT2D eigenvalue weighted by Gasteiger charge is -2.10. The van der Waals surface area contributed by atoms with Gasteiger partial charge in [-0.1, -0.05) is 23.2 Å². The Morgan fingerprint density at radius 2 is 1.77 bits per heavy atom. The predicted octanol–water partition coefficient (Wildman–Crippen LogP) is 4.34. The van der Waals surface area contributed by atoms with Gasteiger partial charge in [0.2, 0.25) is 5.91 Å². The molecule has 0 aliphatic carbocycles. The summed E-state index contributed by atoms with van der Waals surface area (Å²) < 4.78 is 13.8. The first-order chi connectivity index (χ1) is 10.4. The molecule has 2 aromatic rings. The minimum atomic E-state index is -0.718. The first kappa shape index (κ1) is 16.3. The normalized spacial score (nSPS) is 10.2. The highest BCUT2D eigenvalue weighted by Gasteiger charge is 2.15. The van der Waals surface area contributed by atoms with Crippen LogP contribution in [0.4, 0.5) is 15.8 Å². The van der Waals surface area contributed by atoms with Gasteiger partial charge in [0.15, 0.2) is 0 Å². The Kier molecular flexibility index (Phi) is 5.00. The van der Waals surface area contributed by atoms with E-state index in [9.17, 15) is 14.0 Å². The average Bonchev–Trinajstić information content (AvgIpc) is 2.44. The number of halogens is 3. The van der Waals surface area contributed by atoms with Crippen molar-refractivity contribution in [1.82, 2.24) is 0 Å². The molecule has 2 amide bonds. The van der Waals surface area contributed by atoms with Crippen molar-refractivity contribution in [1.29, 1.82) is 0 Å². The molecule has 0 aliphatic rings. The summed E-state index contributed by atoms with van der Waals surface area (Å²) in [6.07, 6.45) is 0. The molecule has 0 aromatic heterocycles. The van der Waals surface area contributed by atoms with Crippen molar-refractivity contribution >= 4 is 46.4 Å². The van der Waals surface area contributed by atoms with E-state index in [1.165, 1.54) is 31.2 Å². The Balaban J connectivity index is 2.29. The molecule has 7 heteroatoms. The Morgan fingerprint density at radius 3 is 2.45 bits per heavy atom. The van der Waals surface area contributed by atoms with Crippen LogP contribution in [0, 0.1) is 5.82 Å². The first-order valence-electron chi connectivity index (χ1n) is 6.20. The van der Waals surface area contributed by atoms with E-state index >= 15 is 0 Å². The molecular weight excluding hydrogens is 330 g/mol. The van der Waals surface area contributed by atoms with Crippen LogP contribution in [0.5, 0.6) is 0 Å². The van der Waals surface area contributed by atoms with Crippen molar-refractivity contribution < 1.29 is 14.0 Å². The summed E-state index contributed by atoms with van der Waals surface area (Å²) >= 11 is 11.8. The van der Waals surface area contributed by atoms with E-state index in [1.807, 2.05) is 0 Å². The summed E-state index contributed by atoms with van der Waals surface area (Å²) in [5.74, 6) is -1.74. The number of hydrogen-bond donors (Lipinski definition) is 2. The van der Waals surface area contributed by atoms with E-state index in [1.54, 1.807) is 6.07 Å². The summed E-state index contributed by atoms with van der Waals surface area (Å²) in [5, 5.41) is 5.62. The summed E-state index contributed by atoms with van der Waals surface area (Å²) in [7, 11) is 0. The summed E-state index contributed by atoms with van der Waals surface area (Å²) in [4.78, 5) is 23.2. The molecule has 2 N–H and O–H groups in total. The van der Waals surface area contributed by atoms with Gasteiger partial charge in [-0.05, 0) is 36.4 Å². The van der Waals surface area contributed by atoms with Crippen LogP contribution in [0.1, 0.15) is 17.3 Å². The second kappa shape index (κ2) is 6.77. The molecule has 22 heavy (non-hydrogen) atoms. The van der Waals surface area contributed by atoms with Crippen LogP contribution < -0.4 is 10.6 Å². The van der Waals surface area contributed by atoms with Gasteiger partial charge in [0.05, 0.1) is 16.3 Å². The van der Waals surface area contributed by atoms with Gasteiger partial charge in [0, 0.05) is 17.6 Å². The van der Waals surface area contributed by atoms with Crippen LogP contribution in [-0.4, -0.2) is 11.8 Å². The van der Waals surface area contributed by atoms with E-state index in [2.05, 4.69) is 10.6 Å². The number of nitrogens with one attached hydrogen (secondary N) is 2. The first-order valence-corrected chi connectivity index (χ1v) is 6.96. The van der Waals surface area contributed by atoms with Gasteiger partial charge in [0.1, 0.15) is 5.82 Å². The predicted molar refractivity (Wildman–Crippen MR) is 85.1 cm³/mol. The van der Waals surface area contributed by atoms with Crippen LogP contribution in [0.15, 0.2) is 36.4 Å². The monoisotopic (exact) mass is 340 g/mol. The molecule has 114 valence electrons. The molecule has 2 rings (SSSR count). The maximum atomic E-state index is 13.8. The number of benzene rings is 2. The van der Waals surface area contributed by atoms with E-state index in [-0.39, 0.29) is 22.2 Å². The van der Waals surface area contributed by atoms with Crippen molar-refractivity contribution in [2.75, 3.05) is 10.6 Å². The van der Waals surface area contributed by atoms with Crippen LogP contribution in [-0.2, 0) is 4.79 Å². The molecule has 0 bridgehead atoms. The lowest BCUT2D eigenvalue weighted by Crippen LogP contribution is -2.15. The van der Waals surface area contributed by atoms with Crippen molar-refractivity contribution in [2.45, 2.75) is 6.92 Å². The average molecular weight is 341 g/mol. The summed E-state index contributed by atoms with van der Waals surface area (Å²) in [6, 6.07) is 8.24. The molecular formula is C15H11Cl2FN2O2. The second-order valence-corrected chi connectivity index (χ2v) is 5.30. The third kappa shape index (κ3) is 3.96. The van der Waals surface area contributed by atoms with E-state index < -0.39 is 11.7 Å². The Bertz CT molecular complexity index is 750. The molecule has 0 radical (unpaired) electrons. The fraction of sp³-hybridized carbons (Fsp3) is 0.0667. The molecule has 0 heterocycles. The molecule has 0 unspecified atom stereocenters.